The van der Waals surface area contributed by atoms with Gasteiger partial charge in [0.2, 0.25) is 0 Å². The normalized spacial score (nSPS) is 27.6. The zero-order chi connectivity index (χ0) is 13.3. The first-order valence-corrected chi connectivity index (χ1v) is 7.06. The first-order valence-electron chi connectivity index (χ1n) is 5.81. The van der Waals surface area contributed by atoms with Crippen LogP contribution >= 0.6 is 22.6 Å². The molecule has 2 N–H and O–H groups in total. The average molecular weight is 366 g/mol. The van der Waals surface area contributed by atoms with Crippen LogP contribution in [-0.4, -0.2) is 31.3 Å². The fourth-order valence-electron chi connectivity index (χ4n) is 2.02. The summed E-state index contributed by atoms with van der Waals surface area (Å²) in [5, 5.41) is 9.14. The lowest BCUT2D eigenvalue weighted by Crippen LogP contribution is -2.34. The fourth-order valence-corrected chi connectivity index (χ4v) is 2.85. The van der Waals surface area contributed by atoms with Gasteiger partial charge in [-0.1, -0.05) is 29.5 Å². The minimum atomic E-state index is -0.468. The number of nitrogens with one attached hydrogen (secondary N) is 1. The lowest BCUT2D eigenvalue weighted by Gasteiger charge is -2.15. The topological polar surface area (TPSA) is 84.3 Å². The van der Waals surface area contributed by atoms with Crippen molar-refractivity contribution in [3.8, 4) is 0 Å². The molecule has 100 valence electrons. The third kappa shape index (κ3) is 2.52. The van der Waals surface area contributed by atoms with Crippen molar-refractivity contribution in [2.24, 2.45) is 0 Å². The van der Waals surface area contributed by atoms with E-state index in [0.29, 0.717) is 18.4 Å². The second-order valence-electron chi connectivity index (χ2n) is 4.24. The molecule has 1 unspecified atom stereocenters. The largest absolute Gasteiger partial charge is 0.394 e. The lowest BCUT2D eigenvalue weighted by molar-refractivity contribution is -0.0232. The van der Waals surface area contributed by atoms with E-state index in [1.54, 1.807) is 6.20 Å². The number of alkyl halides is 1. The van der Waals surface area contributed by atoms with Crippen LogP contribution in [-0.2, 0) is 11.2 Å². The summed E-state index contributed by atoms with van der Waals surface area (Å²) in [4.78, 5) is 25.5. The minimum Gasteiger partial charge on any atom is -0.394 e. The van der Waals surface area contributed by atoms with Gasteiger partial charge in [-0.05, 0) is 6.42 Å². The Morgan fingerprint density at radius 2 is 2.33 bits per heavy atom. The SMILES string of the molecule is CCc1cn([C@@H]2CC(I)[C@H](CO)O2)c(=O)[nH]c1=O. The van der Waals surface area contributed by atoms with Crippen molar-refractivity contribution in [1.82, 2.24) is 9.55 Å². The van der Waals surface area contributed by atoms with E-state index in [9.17, 15) is 9.59 Å². The molecule has 2 rings (SSSR count). The maximum atomic E-state index is 11.8. The summed E-state index contributed by atoms with van der Waals surface area (Å²) in [5.74, 6) is 0. The highest BCUT2D eigenvalue weighted by Crippen LogP contribution is 2.32. The van der Waals surface area contributed by atoms with E-state index in [4.69, 9.17) is 9.84 Å². The van der Waals surface area contributed by atoms with E-state index in [1.807, 2.05) is 6.92 Å². The Hall–Kier alpha value is -0.670. The minimum absolute atomic E-state index is 0.0666. The second kappa shape index (κ2) is 5.54. The molecular formula is C11H15IN2O4. The molecule has 1 saturated heterocycles. The van der Waals surface area contributed by atoms with Crippen molar-refractivity contribution < 1.29 is 9.84 Å². The summed E-state index contributed by atoms with van der Waals surface area (Å²) < 4.78 is 7.17. The van der Waals surface area contributed by atoms with Gasteiger partial charge in [0.25, 0.3) is 5.56 Å². The van der Waals surface area contributed by atoms with E-state index in [0.717, 1.165) is 0 Å². The van der Waals surface area contributed by atoms with Gasteiger partial charge in [-0.2, -0.15) is 0 Å². The number of hydrogen-bond donors (Lipinski definition) is 2. The van der Waals surface area contributed by atoms with Crippen molar-refractivity contribution in [3.05, 3.63) is 32.6 Å². The zero-order valence-electron chi connectivity index (χ0n) is 9.93. The standard InChI is InChI=1S/C11H15IN2O4/c1-2-6-4-14(11(17)13-10(6)16)9-3-7(12)8(5-15)18-9/h4,7-9,15H,2-3,5H2,1H3,(H,13,16,17)/t7?,8-,9-/m0/s1. The van der Waals surface area contributed by atoms with E-state index < -0.39 is 11.9 Å². The predicted molar refractivity (Wildman–Crippen MR) is 74.1 cm³/mol. The molecule has 0 spiro atoms. The molecule has 7 heteroatoms. The Morgan fingerprint density at radius 3 is 2.89 bits per heavy atom. The summed E-state index contributed by atoms with van der Waals surface area (Å²) in [5.41, 5.74) is -0.262. The van der Waals surface area contributed by atoms with Crippen molar-refractivity contribution in [3.63, 3.8) is 0 Å². The van der Waals surface area contributed by atoms with Crippen LogP contribution in [0.5, 0.6) is 0 Å². The Morgan fingerprint density at radius 1 is 1.61 bits per heavy atom. The molecule has 0 bridgehead atoms. The summed E-state index contributed by atoms with van der Waals surface area (Å²) in [6.45, 7) is 1.79. The highest BCUT2D eigenvalue weighted by molar-refractivity contribution is 14.1. The smallest absolute Gasteiger partial charge is 0.330 e. The van der Waals surface area contributed by atoms with Crippen molar-refractivity contribution >= 4 is 22.6 Å². The van der Waals surface area contributed by atoms with Gasteiger partial charge in [-0.25, -0.2) is 4.79 Å². The van der Waals surface area contributed by atoms with Gasteiger partial charge in [0, 0.05) is 22.1 Å². The molecule has 1 aromatic heterocycles. The molecule has 0 amide bonds. The number of hydrogen-bond acceptors (Lipinski definition) is 4. The summed E-state index contributed by atoms with van der Waals surface area (Å²) in [6.07, 6.45) is 2.06. The number of H-pyrrole nitrogens is 1. The summed E-state index contributed by atoms with van der Waals surface area (Å²) in [7, 11) is 0. The molecular weight excluding hydrogens is 351 g/mol. The number of aromatic amines is 1. The van der Waals surface area contributed by atoms with Crippen LogP contribution in [0.2, 0.25) is 0 Å². The quantitative estimate of drug-likeness (QED) is 0.591. The summed E-state index contributed by atoms with van der Waals surface area (Å²) >= 11 is 2.20. The molecule has 1 fully saturated rings. The van der Waals surface area contributed by atoms with Crippen LogP contribution < -0.4 is 11.2 Å². The molecule has 0 aliphatic carbocycles. The van der Waals surface area contributed by atoms with E-state index in [2.05, 4.69) is 27.6 Å². The lowest BCUT2D eigenvalue weighted by atomic mass is 10.2. The van der Waals surface area contributed by atoms with Crippen molar-refractivity contribution in [1.29, 1.82) is 0 Å². The fraction of sp³-hybridized carbons (Fsp3) is 0.636. The van der Waals surface area contributed by atoms with E-state index in [1.165, 1.54) is 4.57 Å². The average Bonchev–Trinajstić information content (AvgIpc) is 2.70. The van der Waals surface area contributed by atoms with Gasteiger partial charge in [0.1, 0.15) is 6.23 Å². The van der Waals surface area contributed by atoms with Crippen molar-refractivity contribution in [2.45, 2.75) is 36.0 Å². The Bertz CT molecular complexity index is 539. The first-order chi connectivity index (χ1) is 8.56. The van der Waals surface area contributed by atoms with E-state index in [-0.39, 0.29) is 22.2 Å². The number of aliphatic hydroxyl groups is 1. The number of aryl methyl sites for hydroxylation is 1. The maximum Gasteiger partial charge on any atom is 0.330 e. The third-order valence-electron chi connectivity index (χ3n) is 3.07. The van der Waals surface area contributed by atoms with Gasteiger partial charge >= 0.3 is 5.69 Å². The molecule has 1 aliphatic heterocycles. The van der Waals surface area contributed by atoms with Crippen LogP contribution in [0.1, 0.15) is 25.1 Å². The molecule has 0 radical (unpaired) electrons. The van der Waals surface area contributed by atoms with Gasteiger partial charge in [0.05, 0.1) is 12.7 Å². The molecule has 2 heterocycles. The van der Waals surface area contributed by atoms with Crippen molar-refractivity contribution in [2.75, 3.05) is 6.61 Å². The van der Waals surface area contributed by atoms with Gasteiger partial charge in [-0.15, -0.1) is 0 Å². The molecule has 1 aliphatic rings. The van der Waals surface area contributed by atoms with Crippen LogP contribution in [0.3, 0.4) is 0 Å². The van der Waals surface area contributed by atoms with Gasteiger partial charge in [0.15, 0.2) is 0 Å². The Balaban J connectivity index is 2.35. The Labute approximate surface area is 117 Å². The highest BCUT2D eigenvalue weighted by atomic mass is 127. The van der Waals surface area contributed by atoms with Gasteiger partial charge < -0.3 is 9.84 Å². The number of aliphatic hydroxyl groups excluding tert-OH is 1. The molecule has 0 saturated carbocycles. The first kappa shape index (κ1) is 13.8. The number of aromatic nitrogens is 2. The molecule has 3 atom stereocenters. The molecule has 1 aromatic rings. The number of ether oxygens (including phenoxy) is 1. The van der Waals surface area contributed by atoms with Crippen LogP contribution in [0.15, 0.2) is 15.8 Å². The maximum absolute atomic E-state index is 11.8. The third-order valence-corrected chi connectivity index (χ3v) is 4.39. The molecule has 18 heavy (non-hydrogen) atoms. The monoisotopic (exact) mass is 366 g/mol. The number of nitrogens with zero attached hydrogens (tertiary/aromatic N) is 1. The highest BCUT2D eigenvalue weighted by Gasteiger charge is 2.34. The van der Waals surface area contributed by atoms with Crippen LogP contribution in [0.4, 0.5) is 0 Å². The Kier molecular flexibility index (Phi) is 4.23. The van der Waals surface area contributed by atoms with E-state index >= 15 is 0 Å². The summed E-state index contributed by atoms with van der Waals surface area (Å²) in [6, 6.07) is 0. The van der Waals surface area contributed by atoms with Gasteiger partial charge in [-0.3, -0.25) is 14.3 Å². The second-order valence-corrected chi connectivity index (χ2v) is 5.84. The van der Waals surface area contributed by atoms with Crippen LogP contribution in [0, 0.1) is 0 Å². The van der Waals surface area contributed by atoms with Crippen LogP contribution in [0.25, 0.3) is 0 Å². The zero-order valence-corrected chi connectivity index (χ0v) is 12.1. The molecule has 0 aromatic carbocycles. The number of halogens is 1. The predicted octanol–water partition coefficient (Wildman–Crippen LogP) is 0.182. The molecule has 6 nitrogen and oxygen atoms in total. The number of rotatable bonds is 3.